The van der Waals surface area contributed by atoms with Gasteiger partial charge < -0.3 is 4.90 Å². The van der Waals surface area contributed by atoms with Gasteiger partial charge in [-0.3, -0.25) is 0 Å². The van der Waals surface area contributed by atoms with Crippen LogP contribution >= 0.6 is 0 Å². The first kappa shape index (κ1) is 7.30. The van der Waals surface area contributed by atoms with E-state index in [9.17, 15) is 0 Å². The standard InChI is InChI=1S/C8H12N2/c1-10-6-3-8(2-5-9)4-7-10/h3H,2,4,6-7H2,1H3. The molecular formula is C8H12N2. The molecule has 0 aromatic carbocycles. The Hall–Kier alpha value is -0.810. The van der Waals surface area contributed by atoms with Crippen LogP contribution in [0, 0.1) is 11.3 Å². The molecular weight excluding hydrogens is 124 g/mol. The van der Waals surface area contributed by atoms with Gasteiger partial charge in [-0.25, -0.2) is 0 Å². The lowest BCUT2D eigenvalue weighted by Crippen LogP contribution is -2.23. The summed E-state index contributed by atoms with van der Waals surface area (Å²) in [5, 5.41) is 8.38. The maximum Gasteiger partial charge on any atom is 0.0666 e. The predicted octanol–water partition coefficient (Wildman–Crippen LogP) is 1.16. The second-order valence-corrected chi connectivity index (χ2v) is 2.71. The molecule has 0 aliphatic carbocycles. The number of likely N-dealkylation sites (N-methyl/N-ethyl adjacent to an activating group) is 1. The SMILES string of the molecule is CN1CC=C(CC#N)CC1. The second-order valence-electron chi connectivity index (χ2n) is 2.71. The van der Waals surface area contributed by atoms with Gasteiger partial charge in [-0.15, -0.1) is 0 Å². The molecule has 2 heteroatoms. The van der Waals surface area contributed by atoms with Crippen molar-refractivity contribution in [3.63, 3.8) is 0 Å². The highest BCUT2D eigenvalue weighted by Gasteiger charge is 2.05. The third-order valence-electron chi connectivity index (χ3n) is 1.81. The summed E-state index contributed by atoms with van der Waals surface area (Å²) >= 11 is 0. The molecule has 0 N–H and O–H groups in total. The van der Waals surface area contributed by atoms with Gasteiger partial charge in [-0.1, -0.05) is 11.6 Å². The summed E-state index contributed by atoms with van der Waals surface area (Å²) in [5.41, 5.74) is 1.31. The fraction of sp³-hybridized carbons (Fsp3) is 0.625. The lowest BCUT2D eigenvalue weighted by Gasteiger charge is -2.20. The van der Waals surface area contributed by atoms with E-state index in [1.807, 2.05) is 0 Å². The summed E-state index contributed by atoms with van der Waals surface area (Å²) < 4.78 is 0. The lowest BCUT2D eigenvalue weighted by molar-refractivity contribution is 0.358. The van der Waals surface area contributed by atoms with E-state index >= 15 is 0 Å². The molecule has 0 saturated heterocycles. The van der Waals surface area contributed by atoms with Crippen LogP contribution in [-0.2, 0) is 0 Å². The van der Waals surface area contributed by atoms with Crippen LogP contribution in [-0.4, -0.2) is 25.0 Å². The van der Waals surface area contributed by atoms with Gasteiger partial charge in [0.25, 0.3) is 0 Å². The Bertz CT molecular complexity index is 176. The molecule has 54 valence electrons. The van der Waals surface area contributed by atoms with Gasteiger partial charge in [0, 0.05) is 13.1 Å². The van der Waals surface area contributed by atoms with E-state index in [2.05, 4.69) is 24.1 Å². The molecule has 0 aromatic rings. The van der Waals surface area contributed by atoms with Gasteiger partial charge in [0.05, 0.1) is 12.5 Å². The minimum Gasteiger partial charge on any atom is -0.302 e. The molecule has 0 radical (unpaired) electrons. The zero-order valence-electron chi connectivity index (χ0n) is 6.30. The van der Waals surface area contributed by atoms with E-state index in [1.165, 1.54) is 5.57 Å². The highest BCUT2D eigenvalue weighted by molar-refractivity contribution is 5.11. The van der Waals surface area contributed by atoms with Crippen LogP contribution in [0.25, 0.3) is 0 Å². The molecule has 0 amide bonds. The van der Waals surface area contributed by atoms with Crippen molar-refractivity contribution in [1.82, 2.24) is 4.90 Å². The first-order valence-electron chi connectivity index (χ1n) is 3.56. The fourth-order valence-corrected chi connectivity index (χ4v) is 1.07. The fourth-order valence-electron chi connectivity index (χ4n) is 1.07. The van der Waals surface area contributed by atoms with Crippen LogP contribution in [0.15, 0.2) is 11.6 Å². The molecule has 1 aliphatic heterocycles. The van der Waals surface area contributed by atoms with Crippen LogP contribution in [0.4, 0.5) is 0 Å². The van der Waals surface area contributed by atoms with Gasteiger partial charge >= 0.3 is 0 Å². The molecule has 1 rings (SSSR count). The highest BCUT2D eigenvalue weighted by atomic mass is 15.1. The maximum absolute atomic E-state index is 8.38. The van der Waals surface area contributed by atoms with Gasteiger partial charge in [-0.05, 0) is 13.5 Å². The Morgan fingerprint density at radius 3 is 3.10 bits per heavy atom. The van der Waals surface area contributed by atoms with E-state index in [0.717, 1.165) is 19.5 Å². The van der Waals surface area contributed by atoms with Crippen molar-refractivity contribution < 1.29 is 0 Å². The summed E-state index contributed by atoms with van der Waals surface area (Å²) in [6, 6.07) is 2.17. The first-order valence-corrected chi connectivity index (χ1v) is 3.56. The average Bonchev–Trinajstić information content (AvgIpc) is 1.95. The van der Waals surface area contributed by atoms with Crippen LogP contribution in [0.3, 0.4) is 0 Å². The average molecular weight is 136 g/mol. The van der Waals surface area contributed by atoms with Crippen LogP contribution in [0.5, 0.6) is 0 Å². The van der Waals surface area contributed by atoms with Gasteiger partial charge in [0.2, 0.25) is 0 Å². The summed E-state index contributed by atoms with van der Waals surface area (Å²) in [4.78, 5) is 2.25. The zero-order valence-corrected chi connectivity index (χ0v) is 6.30. The highest BCUT2D eigenvalue weighted by Crippen LogP contribution is 2.11. The van der Waals surface area contributed by atoms with E-state index in [1.54, 1.807) is 0 Å². The molecule has 1 aliphatic rings. The molecule has 0 spiro atoms. The number of nitriles is 1. The van der Waals surface area contributed by atoms with Crippen molar-refractivity contribution in [3.05, 3.63) is 11.6 Å². The van der Waals surface area contributed by atoms with Crippen LogP contribution in [0.2, 0.25) is 0 Å². The van der Waals surface area contributed by atoms with Gasteiger partial charge in [0.15, 0.2) is 0 Å². The Morgan fingerprint density at radius 1 is 1.80 bits per heavy atom. The minimum absolute atomic E-state index is 0.619. The third-order valence-corrected chi connectivity index (χ3v) is 1.81. The van der Waals surface area contributed by atoms with Crippen molar-refractivity contribution in [1.29, 1.82) is 5.26 Å². The summed E-state index contributed by atoms with van der Waals surface area (Å²) in [6.45, 7) is 2.12. The Balaban J connectivity index is 2.42. The van der Waals surface area contributed by atoms with Crippen molar-refractivity contribution in [3.8, 4) is 6.07 Å². The van der Waals surface area contributed by atoms with E-state index in [-0.39, 0.29) is 0 Å². The van der Waals surface area contributed by atoms with E-state index in [4.69, 9.17) is 5.26 Å². The second kappa shape index (κ2) is 3.38. The molecule has 10 heavy (non-hydrogen) atoms. The van der Waals surface area contributed by atoms with E-state index < -0.39 is 0 Å². The molecule has 0 fully saturated rings. The molecule has 0 bridgehead atoms. The number of hydrogen-bond donors (Lipinski definition) is 0. The van der Waals surface area contributed by atoms with Crippen LogP contribution < -0.4 is 0 Å². The lowest BCUT2D eigenvalue weighted by atomic mass is 10.1. The summed E-state index contributed by atoms with van der Waals surface area (Å²) in [7, 11) is 2.10. The number of nitrogens with zero attached hydrogens (tertiary/aromatic N) is 2. The number of hydrogen-bond acceptors (Lipinski definition) is 2. The Labute approximate surface area is 61.8 Å². The van der Waals surface area contributed by atoms with Crippen molar-refractivity contribution in [2.45, 2.75) is 12.8 Å². The summed E-state index contributed by atoms with van der Waals surface area (Å²) in [5.74, 6) is 0. The predicted molar refractivity (Wildman–Crippen MR) is 40.4 cm³/mol. The molecule has 2 nitrogen and oxygen atoms in total. The van der Waals surface area contributed by atoms with Crippen molar-refractivity contribution in [2.24, 2.45) is 0 Å². The molecule has 0 aromatic heterocycles. The third kappa shape index (κ3) is 1.85. The van der Waals surface area contributed by atoms with Crippen LogP contribution in [0.1, 0.15) is 12.8 Å². The quantitative estimate of drug-likeness (QED) is 0.506. The molecule has 0 atom stereocenters. The monoisotopic (exact) mass is 136 g/mol. The molecule has 1 heterocycles. The van der Waals surface area contributed by atoms with Gasteiger partial charge in [0.1, 0.15) is 0 Å². The zero-order chi connectivity index (χ0) is 7.40. The largest absolute Gasteiger partial charge is 0.302 e. The Morgan fingerprint density at radius 2 is 2.60 bits per heavy atom. The maximum atomic E-state index is 8.38. The van der Waals surface area contributed by atoms with E-state index in [0.29, 0.717) is 6.42 Å². The topological polar surface area (TPSA) is 27.0 Å². The summed E-state index contributed by atoms with van der Waals surface area (Å²) in [6.07, 6.45) is 3.85. The number of rotatable bonds is 1. The van der Waals surface area contributed by atoms with Gasteiger partial charge in [-0.2, -0.15) is 5.26 Å². The first-order chi connectivity index (χ1) is 4.83. The molecule has 0 saturated carbocycles. The van der Waals surface area contributed by atoms with Crippen molar-refractivity contribution in [2.75, 3.05) is 20.1 Å². The smallest absolute Gasteiger partial charge is 0.0666 e. The van der Waals surface area contributed by atoms with Crippen molar-refractivity contribution >= 4 is 0 Å². The Kier molecular flexibility index (Phi) is 2.47. The normalized spacial score (nSPS) is 19.8. The molecule has 0 unspecified atom stereocenters. The minimum atomic E-state index is 0.619.